The molecule has 0 bridgehead atoms. The lowest BCUT2D eigenvalue weighted by Gasteiger charge is -2.14. The zero-order chi connectivity index (χ0) is 18.4. The number of nitrogens with one attached hydrogen (secondary N) is 1. The molecule has 4 rings (SSSR count). The number of phenols is 1. The molecular formula is C20H17BrN2O2S. The van der Waals surface area contributed by atoms with E-state index in [1.54, 1.807) is 6.07 Å². The average molecular weight is 429 g/mol. The van der Waals surface area contributed by atoms with Crippen LogP contribution in [0.3, 0.4) is 0 Å². The Morgan fingerprint density at radius 2 is 2.00 bits per heavy atom. The third kappa shape index (κ3) is 2.65. The third-order valence-corrected chi connectivity index (χ3v) is 6.30. The van der Waals surface area contributed by atoms with Crippen molar-refractivity contribution in [3.05, 3.63) is 62.2 Å². The summed E-state index contributed by atoms with van der Waals surface area (Å²) in [5, 5.41) is 14.3. The van der Waals surface area contributed by atoms with Crippen LogP contribution in [0, 0.1) is 0 Å². The van der Waals surface area contributed by atoms with Gasteiger partial charge in [-0.25, -0.2) is 0 Å². The lowest BCUT2D eigenvalue weighted by molar-refractivity contribution is 0.477. The molecule has 0 amide bonds. The molecule has 0 saturated carbocycles. The Morgan fingerprint density at radius 3 is 2.69 bits per heavy atom. The van der Waals surface area contributed by atoms with Crippen LogP contribution in [0.5, 0.6) is 5.75 Å². The summed E-state index contributed by atoms with van der Waals surface area (Å²) < 4.78 is 1.32. The largest absolute Gasteiger partial charge is 0.507 e. The number of pyridine rings is 1. The van der Waals surface area contributed by atoms with E-state index >= 15 is 0 Å². The minimum absolute atomic E-state index is 0.119. The van der Waals surface area contributed by atoms with E-state index in [0.717, 1.165) is 27.5 Å². The van der Waals surface area contributed by atoms with Gasteiger partial charge in [0.2, 0.25) is 0 Å². The highest BCUT2D eigenvalue weighted by Crippen LogP contribution is 2.42. The van der Waals surface area contributed by atoms with Crippen LogP contribution >= 0.6 is 27.3 Å². The van der Waals surface area contributed by atoms with E-state index < -0.39 is 0 Å². The summed E-state index contributed by atoms with van der Waals surface area (Å²) >= 11 is 4.86. The summed E-state index contributed by atoms with van der Waals surface area (Å²) in [4.78, 5) is 15.3. The second kappa shape index (κ2) is 6.54. The Morgan fingerprint density at radius 1 is 1.27 bits per heavy atom. The monoisotopic (exact) mass is 428 g/mol. The molecule has 0 aliphatic rings. The minimum Gasteiger partial charge on any atom is -0.507 e. The van der Waals surface area contributed by atoms with Crippen molar-refractivity contribution in [2.24, 2.45) is 5.73 Å². The first-order valence-electron chi connectivity index (χ1n) is 8.26. The normalized spacial score (nSPS) is 12.7. The maximum absolute atomic E-state index is 12.4. The number of nitrogens with two attached hydrogens (primary N) is 1. The van der Waals surface area contributed by atoms with E-state index in [2.05, 4.69) is 27.8 Å². The Hall–Kier alpha value is -2.15. The van der Waals surface area contributed by atoms with Gasteiger partial charge in [0.15, 0.2) is 0 Å². The molecule has 0 unspecified atom stereocenters. The van der Waals surface area contributed by atoms with Crippen molar-refractivity contribution in [1.82, 2.24) is 4.98 Å². The first-order valence-corrected chi connectivity index (χ1v) is 9.93. The van der Waals surface area contributed by atoms with E-state index in [-0.39, 0.29) is 17.2 Å². The van der Waals surface area contributed by atoms with Gasteiger partial charge in [-0.1, -0.05) is 31.2 Å². The van der Waals surface area contributed by atoms with Crippen molar-refractivity contribution in [3.8, 4) is 16.9 Å². The number of aromatic hydroxyl groups is 1. The van der Waals surface area contributed by atoms with Crippen molar-refractivity contribution in [2.45, 2.75) is 12.8 Å². The third-order valence-electron chi connectivity index (χ3n) is 4.76. The SMILES string of the molecule is C[C@@H](CN)c1ccc(-c2c(O)cc(Br)c3[nH]c(=O)c4sccc4c23)cc1. The fourth-order valence-electron chi connectivity index (χ4n) is 3.29. The van der Waals surface area contributed by atoms with E-state index in [4.69, 9.17) is 5.73 Å². The molecule has 4 aromatic rings. The molecule has 2 heterocycles. The summed E-state index contributed by atoms with van der Waals surface area (Å²) in [6.45, 7) is 2.67. The highest BCUT2D eigenvalue weighted by Gasteiger charge is 2.18. The van der Waals surface area contributed by atoms with Gasteiger partial charge >= 0.3 is 0 Å². The van der Waals surface area contributed by atoms with Gasteiger partial charge in [-0.05, 0) is 57.0 Å². The van der Waals surface area contributed by atoms with Crippen molar-refractivity contribution in [2.75, 3.05) is 6.54 Å². The second-order valence-corrected chi connectivity index (χ2v) is 8.15. The second-order valence-electron chi connectivity index (χ2n) is 6.38. The number of phenolic OH excluding ortho intramolecular Hbond substituents is 1. The molecule has 4 N–H and O–H groups in total. The lowest BCUT2D eigenvalue weighted by Crippen LogP contribution is -2.08. The molecule has 2 aromatic heterocycles. The Bertz CT molecular complexity index is 1180. The minimum atomic E-state index is -0.119. The number of aromatic nitrogens is 1. The fourth-order valence-corrected chi connectivity index (χ4v) is 4.60. The number of benzene rings is 2. The molecule has 0 fully saturated rings. The molecule has 0 saturated heterocycles. The molecule has 4 nitrogen and oxygen atoms in total. The number of rotatable bonds is 3. The molecule has 6 heteroatoms. The highest BCUT2D eigenvalue weighted by molar-refractivity contribution is 9.10. The summed E-state index contributed by atoms with van der Waals surface area (Å²) in [5.41, 5.74) is 9.10. The van der Waals surface area contributed by atoms with Crippen LogP contribution in [-0.4, -0.2) is 16.6 Å². The van der Waals surface area contributed by atoms with E-state index in [9.17, 15) is 9.90 Å². The van der Waals surface area contributed by atoms with Gasteiger partial charge in [-0.15, -0.1) is 11.3 Å². The summed E-state index contributed by atoms with van der Waals surface area (Å²) in [6, 6.07) is 11.6. The van der Waals surface area contributed by atoms with E-state index in [1.165, 1.54) is 11.3 Å². The van der Waals surface area contributed by atoms with Gasteiger partial charge in [0.25, 0.3) is 5.56 Å². The van der Waals surface area contributed by atoms with Gasteiger partial charge in [-0.2, -0.15) is 0 Å². The standard InChI is InChI=1S/C20H17BrN2O2S/c1-10(9-22)11-2-4-12(5-3-11)16-15(24)8-14(21)18-17(16)13-6-7-26-19(13)20(25)23-18/h2-8,10,24H,9,22H2,1H3,(H,23,25)/t10-/m0/s1. The van der Waals surface area contributed by atoms with Crippen LogP contribution in [-0.2, 0) is 0 Å². The predicted octanol–water partition coefficient (Wildman–Crippen LogP) is 4.94. The molecule has 2 aromatic carbocycles. The molecule has 0 spiro atoms. The Balaban J connectivity index is 2.06. The quantitative estimate of drug-likeness (QED) is 0.432. The summed E-state index contributed by atoms with van der Waals surface area (Å²) in [7, 11) is 0. The van der Waals surface area contributed by atoms with Crippen molar-refractivity contribution >= 4 is 48.3 Å². The number of hydrogen-bond donors (Lipinski definition) is 3. The van der Waals surface area contributed by atoms with Crippen LogP contribution in [0.15, 0.2) is 51.0 Å². The highest BCUT2D eigenvalue weighted by atomic mass is 79.9. The molecule has 0 radical (unpaired) electrons. The molecular weight excluding hydrogens is 412 g/mol. The van der Waals surface area contributed by atoms with Crippen molar-refractivity contribution < 1.29 is 5.11 Å². The van der Waals surface area contributed by atoms with Crippen molar-refractivity contribution in [1.29, 1.82) is 0 Å². The molecule has 132 valence electrons. The molecule has 0 aliphatic carbocycles. The zero-order valence-corrected chi connectivity index (χ0v) is 16.4. The van der Waals surface area contributed by atoms with Gasteiger partial charge in [0.05, 0.1) is 5.52 Å². The Kier molecular flexibility index (Phi) is 4.34. The zero-order valence-electron chi connectivity index (χ0n) is 14.0. The van der Waals surface area contributed by atoms with Gasteiger partial charge < -0.3 is 15.8 Å². The van der Waals surface area contributed by atoms with Crippen LogP contribution in [0.4, 0.5) is 0 Å². The average Bonchev–Trinajstić information content (AvgIpc) is 3.13. The first kappa shape index (κ1) is 17.3. The first-order chi connectivity index (χ1) is 12.5. The number of halogens is 1. The fraction of sp³-hybridized carbons (Fsp3) is 0.150. The number of thiophene rings is 1. The molecule has 0 aliphatic heterocycles. The Labute approximate surface area is 162 Å². The van der Waals surface area contributed by atoms with E-state index in [1.807, 2.05) is 35.7 Å². The lowest BCUT2D eigenvalue weighted by atomic mass is 9.94. The smallest absolute Gasteiger partial charge is 0.266 e. The topological polar surface area (TPSA) is 79.1 Å². The van der Waals surface area contributed by atoms with Gasteiger partial charge in [0, 0.05) is 20.8 Å². The summed E-state index contributed by atoms with van der Waals surface area (Å²) in [6.07, 6.45) is 0. The maximum Gasteiger partial charge on any atom is 0.266 e. The molecule has 26 heavy (non-hydrogen) atoms. The van der Waals surface area contributed by atoms with Gasteiger partial charge in [0.1, 0.15) is 10.4 Å². The number of H-pyrrole nitrogens is 1. The van der Waals surface area contributed by atoms with Crippen LogP contribution in [0.1, 0.15) is 18.4 Å². The number of hydrogen-bond acceptors (Lipinski definition) is 4. The van der Waals surface area contributed by atoms with Gasteiger partial charge in [-0.3, -0.25) is 4.79 Å². The number of aromatic amines is 1. The maximum atomic E-state index is 12.4. The number of fused-ring (bicyclic) bond motifs is 3. The van der Waals surface area contributed by atoms with Crippen LogP contribution in [0.25, 0.3) is 32.1 Å². The molecule has 1 atom stereocenters. The van der Waals surface area contributed by atoms with Crippen molar-refractivity contribution in [3.63, 3.8) is 0 Å². The predicted molar refractivity (Wildman–Crippen MR) is 112 cm³/mol. The van der Waals surface area contributed by atoms with Crippen LogP contribution in [0.2, 0.25) is 0 Å². The van der Waals surface area contributed by atoms with E-state index in [0.29, 0.717) is 21.2 Å². The summed E-state index contributed by atoms with van der Waals surface area (Å²) in [5.74, 6) is 0.447. The van der Waals surface area contributed by atoms with Crippen LogP contribution < -0.4 is 11.3 Å².